The molecule has 1 nitrogen and oxygen atoms in total. The van der Waals surface area contributed by atoms with E-state index in [2.05, 4.69) is 89.4 Å². The molecule has 0 amide bonds. The Morgan fingerprint density at radius 3 is 1.58 bits per heavy atom. The van der Waals surface area contributed by atoms with Gasteiger partial charge in [-0.2, -0.15) is 0 Å². The van der Waals surface area contributed by atoms with E-state index in [1.807, 2.05) is 30.3 Å². The van der Waals surface area contributed by atoms with E-state index in [0.29, 0.717) is 6.61 Å². The van der Waals surface area contributed by atoms with Crippen molar-refractivity contribution in [3.8, 4) is 5.75 Å². The van der Waals surface area contributed by atoms with Crippen molar-refractivity contribution in [2.24, 2.45) is 0 Å². The second-order valence-corrected chi connectivity index (χ2v) is 18.8. The quantitative estimate of drug-likeness (QED) is 0.370. The van der Waals surface area contributed by atoms with Gasteiger partial charge in [0.15, 0.2) is 0 Å². The van der Waals surface area contributed by atoms with E-state index in [9.17, 15) is 0 Å². The summed E-state index contributed by atoms with van der Waals surface area (Å²) in [5.74, 6) is 0.938. The fourth-order valence-corrected chi connectivity index (χ4v) is 8.68. The van der Waals surface area contributed by atoms with Crippen LogP contribution in [0.5, 0.6) is 5.75 Å². The molecule has 0 aliphatic rings. The Hall–Kier alpha value is -1.38. The molecule has 0 heterocycles. The van der Waals surface area contributed by atoms with Gasteiger partial charge in [-0.3, -0.25) is 0 Å². The summed E-state index contributed by atoms with van der Waals surface area (Å²) in [4.78, 5) is 0. The number of hydrogen-bond donors (Lipinski definition) is 0. The van der Waals surface area contributed by atoms with E-state index in [1.165, 1.54) is 10.6 Å². The molecule has 0 fully saturated rings. The maximum absolute atomic E-state index is 6.04. The van der Waals surface area contributed by atoms with Crippen LogP contribution in [0.4, 0.5) is 0 Å². The number of ether oxygens (including phenoxy) is 1. The van der Waals surface area contributed by atoms with Gasteiger partial charge in [0.1, 0.15) is 0 Å². The van der Waals surface area contributed by atoms with Gasteiger partial charge < -0.3 is 0 Å². The molecule has 0 saturated heterocycles. The Morgan fingerprint density at radius 1 is 0.708 bits per heavy atom. The molecule has 3 heteroatoms. The Balaban J connectivity index is 1.91. The topological polar surface area (TPSA) is 9.23 Å². The molecule has 0 aromatic heterocycles. The van der Waals surface area contributed by atoms with Gasteiger partial charge in [-0.15, -0.1) is 0 Å². The first-order valence-electron chi connectivity index (χ1n) is 8.10. The van der Waals surface area contributed by atoms with Crippen LogP contribution >= 0.6 is 26.3 Å². The van der Waals surface area contributed by atoms with Crippen LogP contribution in [0.25, 0.3) is 0 Å². The Kier molecular flexibility index (Phi) is 5.27. The predicted molar refractivity (Wildman–Crippen MR) is 116 cm³/mol. The third kappa shape index (κ3) is 3.65. The van der Waals surface area contributed by atoms with Gasteiger partial charge in [-0.25, -0.2) is 0 Å². The van der Waals surface area contributed by atoms with Gasteiger partial charge in [0.25, 0.3) is 0 Å². The van der Waals surface area contributed by atoms with Crippen molar-refractivity contribution in [1.29, 1.82) is 0 Å². The monoisotopic (exact) mass is 448 g/mol. The molecule has 0 N–H and O–H groups in total. The van der Waals surface area contributed by atoms with E-state index in [4.69, 9.17) is 4.74 Å². The zero-order valence-corrected chi connectivity index (χ0v) is 16.9. The Morgan fingerprint density at radius 2 is 1.12 bits per heavy atom. The van der Waals surface area contributed by atoms with Crippen LogP contribution in [0.1, 0.15) is 0 Å². The average Bonchev–Trinajstić information content (AvgIpc) is 2.64. The SMILES string of the molecule is CP(I)(CCOc1ccccc1)(c1ccccc1)c1ccccc1. The van der Waals surface area contributed by atoms with Gasteiger partial charge in [-0.05, 0) is 0 Å². The molecule has 0 spiro atoms. The second-order valence-electron chi connectivity index (χ2n) is 6.21. The van der Waals surface area contributed by atoms with Gasteiger partial charge in [0.2, 0.25) is 0 Å². The summed E-state index contributed by atoms with van der Waals surface area (Å²) in [7, 11) is 0. The van der Waals surface area contributed by atoms with E-state index < -0.39 is 4.25 Å². The molecule has 0 saturated carbocycles. The molecule has 0 aliphatic heterocycles. The molecule has 3 aromatic rings. The maximum atomic E-state index is 6.04. The average molecular weight is 448 g/mol. The molecular formula is C21H22IOP. The minimum absolute atomic E-state index is 0.713. The molecule has 3 aromatic carbocycles. The van der Waals surface area contributed by atoms with E-state index in [1.54, 1.807) is 0 Å². The second kappa shape index (κ2) is 7.25. The first kappa shape index (κ1) is 17.4. The number of hydrogen-bond acceptors (Lipinski definition) is 1. The van der Waals surface area contributed by atoms with Crippen molar-refractivity contribution in [2.75, 3.05) is 19.4 Å². The van der Waals surface area contributed by atoms with Gasteiger partial charge in [0, 0.05) is 0 Å². The third-order valence-corrected chi connectivity index (χ3v) is 13.8. The minimum atomic E-state index is -2.30. The summed E-state index contributed by atoms with van der Waals surface area (Å²) in [6, 6.07) is 31.9. The first-order chi connectivity index (χ1) is 11.6. The van der Waals surface area contributed by atoms with Crippen LogP contribution in [0, 0.1) is 0 Å². The molecular weight excluding hydrogens is 426 g/mol. The summed E-state index contributed by atoms with van der Waals surface area (Å²) in [5, 5.41) is 2.85. The van der Waals surface area contributed by atoms with E-state index in [0.717, 1.165) is 11.9 Å². The van der Waals surface area contributed by atoms with Crippen molar-refractivity contribution in [2.45, 2.75) is 0 Å². The number of para-hydroxylation sites is 1. The van der Waals surface area contributed by atoms with Gasteiger partial charge >= 0.3 is 158 Å². The van der Waals surface area contributed by atoms with Crippen LogP contribution in [-0.2, 0) is 0 Å². The van der Waals surface area contributed by atoms with Crippen molar-refractivity contribution in [1.82, 2.24) is 0 Å². The summed E-state index contributed by atoms with van der Waals surface area (Å²) in [6.45, 7) is 3.15. The summed E-state index contributed by atoms with van der Waals surface area (Å²) in [5.41, 5.74) is 0. The van der Waals surface area contributed by atoms with E-state index >= 15 is 0 Å². The molecule has 0 unspecified atom stereocenters. The standard InChI is InChI=1S/C21H22IOP/c1-24(22,20-13-7-3-8-14-20,21-15-9-4-10-16-21)18-17-23-19-11-5-2-6-12-19/h2-16H,17-18H2,1H3. The number of halogens is 1. The van der Waals surface area contributed by atoms with Crippen LogP contribution in [0.2, 0.25) is 0 Å². The van der Waals surface area contributed by atoms with Crippen molar-refractivity contribution < 1.29 is 4.74 Å². The zero-order chi connectivity index (χ0) is 16.9. The van der Waals surface area contributed by atoms with Crippen molar-refractivity contribution in [3.63, 3.8) is 0 Å². The molecule has 0 aliphatic carbocycles. The van der Waals surface area contributed by atoms with Gasteiger partial charge in [-0.1, -0.05) is 0 Å². The van der Waals surface area contributed by atoms with Crippen molar-refractivity contribution in [3.05, 3.63) is 91.0 Å². The van der Waals surface area contributed by atoms with Crippen LogP contribution in [0.3, 0.4) is 0 Å². The van der Waals surface area contributed by atoms with Crippen LogP contribution in [-0.4, -0.2) is 19.4 Å². The van der Waals surface area contributed by atoms with Gasteiger partial charge in [0.05, 0.1) is 0 Å². The van der Waals surface area contributed by atoms with E-state index in [-0.39, 0.29) is 0 Å². The summed E-state index contributed by atoms with van der Waals surface area (Å²) in [6.07, 6.45) is 1.01. The fraction of sp³-hybridized carbons (Fsp3) is 0.143. The van der Waals surface area contributed by atoms with Crippen LogP contribution < -0.4 is 15.3 Å². The normalized spacial score (nSPS) is 13.0. The Labute approximate surface area is 157 Å². The number of benzene rings is 3. The third-order valence-electron chi connectivity index (χ3n) is 4.48. The Bertz CT molecular complexity index is 729. The predicted octanol–water partition coefficient (Wildman–Crippen LogP) is 5.25. The first-order valence-corrected chi connectivity index (χ1v) is 13.8. The summed E-state index contributed by atoms with van der Waals surface area (Å²) >= 11 is 2.73. The zero-order valence-electron chi connectivity index (χ0n) is 13.8. The fourth-order valence-electron chi connectivity index (χ4n) is 2.93. The molecule has 0 atom stereocenters. The van der Waals surface area contributed by atoms with Crippen molar-refractivity contribution >= 4 is 36.9 Å². The molecule has 0 bridgehead atoms. The molecule has 124 valence electrons. The molecule has 0 radical (unpaired) electrons. The summed E-state index contributed by atoms with van der Waals surface area (Å²) < 4.78 is 3.73. The number of rotatable bonds is 6. The van der Waals surface area contributed by atoms with Crippen LogP contribution in [0.15, 0.2) is 91.0 Å². The molecule has 3 rings (SSSR count). The molecule has 24 heavy (non-hydrogen) atoms.